The monoisotopic (exact) mass is 342 g/mol. The molecule has 0 fully saturated rings. The van der Waals surface area contributed by atoms with Gasteiger partial charge in [-0.15, -0.1) is 0 Å². The Morgan fingerprint density at radius 1 is 0.846 bits per heavy atom. The second-order valence-corrected chi connectivity index (χ2v) is 7.02. The minimum absolute atomic E-state index is 0.877. The summed E-state index contributed by atoms with van der Waals surface area (Å²) in [7, 11) is 0. The molecule has 1 heterocycles. The number of hydrogen-bond acceptors (Lipinski definition) is 2. The van der Waals surface area contributed by atoms with Crippen molar-refractivity contribution in [3.8, 4) is 5.69 Å². The van der Waals surface area contributed by atoms with E-state index in [-0.39, 0.29) is 0 Å². The number of nitrogens with one attached hydrogen (secondary N) is 1. The molecule has 3 nitrogen and oxygen atoms in total. The molecule has 1 aromatic heterocycles. The summed E-state index contributed by atoms with van der Waals surface area (Å²) in [6.07, 6.45) is 2.09. The van der Waals surface area contributed by atoms with Gasteiger partial charge in [0.25, 0.3) is 0 Å². The van der Waals surface area contributed by atoms with Crippen molar-refractivity contribution in [2.24, 2.45) is 0 Å². The SMILES string of the molecule is CC(C)(O)c1ccccc1Nc1ccc2c(ccn2-c2ccccc2)c1. The van der Waals surface area contributed by atoms with Gasteiger partial charge in [-0.25, -0.2) is 0 Å². The van der Waals surface area contributed by atoms with E-state index >= 15 is 0 Å². The van der Waals surface area contributed by atoms with Crippen LogP contribution in [0.15, 0.2) is 85.1 Å². The lowest BCUT2D eigenvalue weighted by Gasteiger charge is -2.22. The summed E-state index contributed by atoms with van der Waals surface area (Å²) < 4.78 is 2.18. The largest absolute Gasteiger partial charge is 0.386 e. The average Bonchev–Trinajstić information content (AvgIpc) is 3.05. The van der Waals surface area contributed by atoms with Gasteiger partial charge in [0.1, 0.15) is 0 Å². The Kier molecular flexibility index (Phi) is 4.02. The van der Waals surface area contributed by atoms with Crippen LogP contribution >= 0.6 is 0 Å². The maximum atomic E-state index is 10.4. The molecule has 0 saturated heterocycles. The first-order valence-corrected chi connectivity index (χ1v) is 8.78. The fraction of sp³-hybridized carbons (Fsp3) is 0.130. The molecule has 0 aliphatic carbocycles. The van der Waals surface area contributed by atoms with Gasteiger partial charge in [-0.2, -0.15) is 0 Å². The third kappa shape index (κ3) is 3.09. The Bertz CT molecular complexity index is 1040. The Labute approximate surface area is 153 Å². The molecule has 130 valence electrons. The summed E-state index contributed by atoms with van der Waals surface area (Å²) in [4.78, 5) is 0. The van der Waals surface area contributed by atoms with Gasteiger partial charge in [-0.1, -0.05) is 36.4 Å². The molecule has 0 bridgehead atoms. The normalized spacial score (nSPS) is 11.7. The zero-order chi connectivity index (χ0) is 18.1. The van der Waals surface area contributed by atoms with Crippen molar-refractivity contribution in [2.75, 3.05) is 5.32 Å². The molecule has 26 heavy (non-hydrogen) atoms. The second kappa shape index (κ2) is 6.36. The third-order valence-electron chi connectivity index (χ3n) is 4.59. The minimum atomic E-state index is -0.898. The summed E-state index contributed by atoms with van der Waals surface area (Å²) in [5, 5.41) is 15.0. The molecule has 3 aromatic carbocycles. The highest BCUT2D eigenvalue weighted by molar-refractivity contribution is 5.86. The number of aromatic nitrogens is 1. The highest BCUT2D eigenvalue weighted by Crippen LogP contribution is 2.31. The van der Waals surface area contributed by atoms with Crippen LogP contribution in [0.2, 0.25) is 0 Å². The zero-order valence-corrected chi connectivity index (χ0v) is 15.0. The molecule has 4 aromatic rings. The van der Waals surface area contributed by atoms with E-state index in [4.69, 9.17) is 0 Å². The highest BCUT2D eigenvalue weighted by atomic mass is 16.3. The molecule has 0 radical (unpaired) electrons. The number of para-hydroxylation sites is 2. The van der Waals surface area contributed by atoms with Crippen molar-refractivity contribution in [1.29, 1.82) is 0 Å². The molecular weight excluding hydrogens is 320 g/mol. The quantitative estimate of drug-likeness (QED) is 0.506. The van der Waals surface area contributed by atoms with Crippen LogP contribution in [0.3, 0.4) is 0 Å². The number of benzene rings is 3. The third-order valence-corrected chi connectivity index (χ3v) is 4.59. The number of nitrogens with zero attached hydrogens (tertiary/aromatic N) is 1. The maximum absolute atomic E-state index is 10.4. The molecule has 2 N–H and O–H groups in total. The first-order chi connectivity index (χ1) is 12.5. The molecule has 0 saturated carbocycles. The Balaban J connectivity index is 1.70. The van der Waals surface area contributed by atoms with Crippen LogP contribution in [0.25, 0.3) is 16.6 Å². The lowest BCUT2D eigenvalue weighted by Crippen LogP contribution is -2.17. The summed E-state index contributed by atoms with van der Waals surface area (Å²) >= 11 is 0. The fourth-order valence-electron chi connectivity index (χ4n) is 3.32. The molecule has 0 amide bonds. The van der Waals surface area contributed by atoms with E-state index in [1.807, 2.05) is 42.5 Å². The van der Waals surface area contributed by atoms with Crippen LogP contribution < -0.4 is 5.32 Å². The van der Waals surface area contributed by atoms with Crippen LogP contribution in [0, 0.1) is 0 Å². The van der Waals surface area contributed by atoms with E-state index < -0.39 is 5.60 Å². The van der Waals surface area contributed by atoms with Crippen LogP contribution in [0.5, 0.6) is 0 Å². The molecule has 0 unspecified atom stereocenters. The second-order valence-electron chi connectivity index (χ2n) is 7.02. The number of aliphatic hydroxyl groups is 1. The lowest BCUT2D eigenvalue weighted by molar-refractivity contribution is 0.0794. The maximum Gasteiger partial charge on any atom is 0.0860 e. The van der Waals surface area contributed by atoms with Crippen molar-refractivity contribution in [2.45, 2.75) is 19.4 Å². The summed E-state index contributed by atoms with van der Waals surface area (Å²) in [6, 6.07) is 26.6. The average molecular weight is 342 g/mol. The Morgan fingerprint density at radius 3 is 2.35 bits per heavy atom. The predicted octanol–water partition coefficient (Wildman–Crippen LogP) is 5.60. The lowest BCUT2D eigenvalue weighted by atomic mass is 9.96. The first kappa shape index (κ1) is 16.4. The van der Waals surface area contributed by atoms with E-state index in [1.54, 1.807) is 13.8 Å². The van der Waals surface area contributed by atoms with Gasteiger partial charge in [-0.05, 0) is 56.3 Å². The first-order valence-electron chi connectivity index (χ1n) is 8.78. The smallest absolute Gasteiger partial charge is 0.0860 e. The molecule has 0 spiro atoms. The molecule has 4 rings (SSSR count). The van der Waals surface area contributed by atoms with E-state index in [0.717, 1.165) is 28.1 Å². The van der Waals surface area contributed by atoms with Gasteiger partial charge >= 0.3 is 0 Å². The van der Waals surface area contributed by atoms with Gasteiger partial charge in [0.15, 0.2) is 0 Å². The minimum Gasteiger partial charge on any atom is -0.386 e. The molecular formula is C23H22N2O. The van der Waals surface area contributed by atoms with Crippen molar-refractivity contribution in [1.82, 2.24) is 4.57 Å². The van der Waals surface area contributed by atoms with Gasteiger partial charge in [0.05, 0.1) is 11.1 Å². The zero-order valence-electron chi connectivity index (χ0n) is 15.0. The van der Waals surface area contributed by atoms with Gasteiger partial charge in [0, 0.05) is 34.2 Å². The number of hydrogen-bond donors (Lipinski definition) is 2. The van der Waals surface area contributed by atoms with Crippen LogP contribution in [-0.2, 0) is 5.60 Å². The summed E-state index contributed by atoms with van der Waals surface area (Å²) in [5.74, 6) is 0. The number of rotatable bonds is 4. The van der Waals surface area contributed by atoms with Gasteiger partial charge < -0.3 is 15.0 Å². The van der Waals surface area contributed by atoms with Crippen molar-refractivity contribution in [3.63, 3.8) is 0 Å². The highest BCUT2D eigenvalue weighted by Gasteiger charge is 2.19. The number of anilines is 2. The van der Waals surface area contributed by atoms with E-state index in [9.17, 15) is 5.11 Å². The predicted molar refractivity (Wildman–Crippen MR) is 108 cm³/mol. The Hall–Kier alpha value is -3.04. The molecule has 3 heteroatoms. The van der Waals surface area contributed by atoms with E-state index in [0.29, 0.717) is 0 Å². The van der Waals surface area contributed by atoms with Gasteiger partial charge in [0.2, 0.25) is 0 Å². The fourth-order valence-corrected chi connectivity index (χ4v) is 3.32. The van der Waals surface area contributed by atoms with Crippen LogP contribution in [-0.4, -0.2) is 9.67 Å². The molecule has 0 atom stereocenters. The van der Waals surface area contributed by atoms with Crippen molar-refractivity contribution < 1.29 is 5.11 Å². The number of fused-ring (bicyclic) bond motifs is 1. The summed E-state index contributed by atoms with van der Waals surface area (Å²) in [6.45, 7) is 3.60. The molecule has 0 aliphatic rings. The van der Waals surface area contributed by atoms with Crippen molar-refractivity contribution in [3.05, 3.63) is 90.6 Å². The van der Waals surface area contributed by atoms with Gasteiger partial charge in [-0.3, -0.25) is 0 Å². The van der Waals surface area contributed by atoms with Crippen LogP contribution in [0.4, 0.5) is 11.4 Å². The molecule has 0 aliphatic heterocycles. The summed E-state index contributed by atoms with van der Waals surface area (Å²) in [5.41, 5.74) is 4.21. The van der Waals surface area contributed by atoms with E-state index in [1.165, 1.54) is 5.39 Å². The van der Waals surface area contributed by atoms with Crippen LogP contribution in [0.1, 0.15) is 19.4 Å². The standard InChI is InChI=1S/C23H22N2O/c1-23(2,26)20-10-6-7-11-21(20)24-18-12-13-22-17(16-18)14-15-25(22)19-8-4-3-5-9-19/h3-16,24,26H,1-2H3. The Morgan fingerprint density at radius 2 is 1.58 bits per heavy atom. The van der Waals surface area contributed by atoms with Crippen molar-refractivity contribution >= 4 is 22.3 Å². The topological polar surface area (TPSA) is 37.2 Å². The van der Waals surface area contributed by atoms with E-state index in [2.05, 4.69) is 52.5 Å².